The Hall–Kier alpha value is -3.16. The number of aromatic nitrogens is 2. The standard InChI is InChI=1S/C16H10F3N3O2/c17-16(18,19)24-13-4-2-1-3-10(13)12-7-11-9(8-22-12)5-6-21-14(11)15(20)23/h1-8H,(H2,20,23). The lowest BCUT2D eigenvalue weighted by molar-refractivity contribution is -0.274. The number of nitrogens with zero attached hydrogens (tertiary/aromatic N) is 2. The van der Waals surface area contributed by atoms with Gasteiger partial charge >= 0.3 is 6.36 Å². The number of benzene rings is 1. The quantitative estimate of drug-likeness (QED) is 0.798. The molecule has 24 heavy (non-hydrogen) atoms. The second-order valence-electron chi connectivity index (χ2n) is 4.86. The molecule has 0 saturated carbocycles. The van der Waals surface area contributed by atoms with Crippen molar-refractivity contribution in [3.05, 3.63) is 54.5 Å². The molecule has 2 heterocycles. The van der Waals surface area contributed by atoms with Crippen LogP contribution in [-0.2, 0) is 0 Å². The average molecular weight is 333 g/mol. The van der Waals surface area contributed by atoms with E-state index in [1.807, 2.05) is 0 Å². The number of alkyl halides is 3. The molecule has 122 valence electrons. The van der Waals surface area contributed by atoms with E-state index in [-0.39, 0.29) is 22.7 Å². The van der Waals surface area contributed by atoms with Gasteiger partial charge < -0.3 is 10.5 Å². The van der Waals surface area contributed by atoms with Gasteiger partial charge in [0.25, 0.3) is 5.91 Å². The number of carbonyl (C=O) groups is 1. The lowest BCUT2D eigenvalue weighted by atomic mass is 10.1. The Morgan fingerprint density at radius 3 is 2.58 bits per heavy atom. The second-order valence-corrected chi connectivity index (χ2v) is 4.86. The fourth-order valence-corrected chi connectivity index (χ4v) is 2.30. The van der Waals surface area contributed by atoms with Crippen LogP contribution in [0.25, 0.3) is 22.0 Å². The summed E-state index contributed by atoms with van der Waals surface area (Å²) in [5.74, 6) is -1.13. The predicted octanol–water partition coefficient (Wildman–Crippen LogP) is 3.29. The van der Waals surface area contributed by atoms with Gasteiger partial charge in [0.2, 0.25) is 0 Å². The summed E-state index contributed by atoms with van der Waals surface area (Å²) in [6.07, 6.45) is -1.99. The van der Waals surface area contributed by atoms with Gasteiger partial charge in [-0.1, -0.05) is 12.1 Å². The Morgan fingerprint density at radius 1 is 1.12 bits per heavy atom. The number of carbonyl (C=O) groups excluding carboxylic acids is 1. The summed E-state index contributed by atoms with van der Waals surface area (Å²) in [6, 6.07) is 8.69. The van der Waals surface area contributed by atoms with E-state index >= 15 is 0 Å². The monoisotopic (exact) mass is 333 g/mol. The lowest BCUT2D eigenvalue weighted by Gasteiger charge is -2.13. The van der Waals surface area contributed by atoms with Gasteiger partial charge in [-0.25, -0.2) is 0 Å². The fraction of sp³-hybridized carbons (Fsp3) is 0.0625. The summed E-state index contributed by atoms with van der Waals surface area (Å²) in [4.78, 5) is 19.5. The number of para-hydroxylation sites is 1. The Bertz CT molecular complexity index is 926. The first-order valence-electron chi connectivity index (χ1n) is 6.75. The predicted molar refractivity (Wildman–Crippen MR) is 80.2 cm³/mol. The minimum Gasteiger partial charge on any atom is -0.405 e. The summed E-state index contributed by atoms with van der Waals surface area (Å²) in [7, 11) is 0. The van der Waals surface area contributed by atoms with Gasteiger partial charge in [0, 0.05) is 28.7 Å². The van der Waals surface area contributed by atoms with E-state index in [9.17, 15) is 18.0 Å². The molecule has 8 heteroatoms. The molecule has 0 unspecified atom stereocenters. The Labute approximate surface area is 133 Å². The van der Waals surface area contributed by atoms with E-state index < -0.39 is 12.3 Å². The SMILES string of the molecule is NC(=O)c1nccc2cnc(-c3ccccc3OC(F)(F)F)cc12. The van der Waals surface area contributed by atoms with Crippen LogP contribution in [0.3, 0.4) is 0 Å². The molecule has 3 aromatic rings. The maximum absolute atomic E-state index is 12.5. The van der Waals surface area contributed by atoms with E-state index in [2.05, 4.69) is 14.7 Å². The van der Waals surface area contributed by atoms with Crippen LogP contribution in [0.4, 0.5) is 13.2 Å². The average Bonchev–Trinajstić information content (AvgIpc) is 2.52. The summed E-state index contributed by atoms with van der Waals surface area (Å²) < 4.78 is 41.7. The summed E-state index contributed by atoms with van der Waals surface area (Å²) in [5.41, 5.74) is 5.65. The van der Waals surface area contributed by atoms with Crippen LogP contribution in [0.1, 0.15) is 10.5 Å². The first-order chi connectivity index (χ1) is 11.3. The molecule has 3 rings (SSSR count). The second kappa shape index (κ2) is 5.80. The smallest absolute Gasteiger partial charge is 0.405 e. The number of amides is 1. The third-order valence-electron chi connectivity index (χ3n) is 3.27. The molecule has 0 bridgehead atoms. The molecule has 0 radical (unpaired) electrons. The van der Waals surface area contributed by atoms with E-state index in [1.165, 1.54) is 36.7 Å². The molecule has 0 saturated heterocycles. The van der Waals surface area contributed by atoms with Gasteiger partial charge in [0.15, 0.2) is 0 Å². The zero-order valence-corrected chi connectivity index (χ0v) is 12.0. The molecule has 1 aromatic carbocycles. The minimum atomic E-state index is -4.83. The first kappa shape index (κ1) is 15.7. The largest absolute Gasteiger partial charge is 0.573 e. The molecule has 2 aromatic heterocycles. The Balaban J connectivity index is 2.17. The van der Waals surface area contributed by atoms with Crippen LogP contribution in [0.15, 0.2) is 48.8 Å². The highest BCUT2D eigenvalue weighted by molar-refractivity contribution is 6.05. The number of primary amides is 1. The lowest BCUT2D eigenvalue weighted by Crippen LogP contribution is -2.17. The van der Waals surface area contributed by atoms with Crippen LogP contribution in [0, 0.1) is 0 Å². The van der Waals surface area contributed by atoms with Crippen molar-refractivity contribution >= 4 is 16.7 Å². The highest BCUT2D eigenvalue weighted by Gasteiger charge is 2.32. The molecule has 0 aliphatic carbocycles. The van der Waals surface area contributed by atoms with Crippen molar-refractivity contribution in [1.82, 2.24) is 9.97 Å². The molecule has 0 atom stereocenters. The maximum Gasteiger partial charge on any atom is 0.573 e. The zero-order valence-electron chi connectivity index (χ0n) is 12.0. The van der Waals surface area contributed by atoms with Gasteiger partial charge in [-0.05, 0) is 24.3 Å². The summed E-state index contributed by atoms with van der Waals surface area (Å²) >= 11 is 0. The van der Waals surface area contributed by atoms with E-state index in [0.29, 0.717) is 10.8 Å². The van der Waals surface area contributed by atoms with Crippen molar-refractivity contribution in [1.29, 1.82) is 0 Å². The van der Waals surface area contributed by atoms with E-state index in [0.717, 1.165) is 0 Å². The van der Waals surface area contributed by atoms with Crippen LogP contribution in [-0.4, -0.2) is 22.2 Å². The van der Waals surface area contributed by atoms with E-state index in [1.54, 1.807) is 12.1 Å². The molecule has 0 fully saturated rings. The topological polar surface area (TPSA) is 78.1 Å². The van der Waals surface area contributed by atoms with Crippen LogP contribution >= 0.6 is 0 Å². The van der Waals surface area contributed by atoms with Crippen molar-refractivity contribution in [3.63, 3.8) is 0 Å². The molecule has 0 aliphatic heterocycles. The Kier molecular flexibility index (Phi) is 3.80. The van der Waals surface area contributed by atoms with Crippen molar-refractivity contribution in [2.24, 2.45) is 5.73 Å². The number of nitrogens with two attached hydrogens (primary N) is 1. The Morgan fingerprint density at radius 2 is 1.88 bits per heavy atom. The highest BCUT2D eigenvalue weighted by atomic mass is 19.4. The molecule has 0 spiro atoms. The van der Waals surface area contributed by atoms with Gasteiger partial charge in [-0.3, -0.25) is 14.8 Å². The molecule has 2 N–H and O–H groups in total. The van der Waals surface area contributed by atoms with Gasteiger partial charge in [-0.2, -0.15) is 0 Å². The van der Waals surface area contributed by atoms with E-state index in [4.69, 9.17) is 5.73 Å². The van der Waals surface area contributed by atoms with Crippen LogP contribution in [0.2, 0.25) is 0 Å². The molecular formula is C16H10F3N3O2. The summed E-state index contributed by atoms with van der Waals surface area (Å²) in [5, 5.41) is 0.994. The number of fused-ring (bicyclic) bond motifs is 1. The number of hydrogen-bond acceptors (Lipinski definition) is 4. The van der Waals surface area contributed by atoms with Crippen molar-refractivity contribution < 1.29 is 22.7 Å². The molecule has 0 aliphatic rings. The van der Waals surface area contributed by atoms with Crippen molar-refractivity contribution in [3.8, 4) is 17.0 Å². The maximum atomic E-state index is 12.5. The first-order valence-corrected chi connectivity index (χ1v) is 6.75. The van der Waals surface area contributed by atoms with Crippen molar-refractivity contribution in [2.75, 3.05) is 0 Å². The number of halogens is 3. The van der Waals surface area contributed by atoms with Crippen LogP contribution < -0.4 is 10.5 Å². The fourth-order valence-electron chi connectivity index (χ4n) is 2.30. The number of ether oxygens (including phenoxy) is 1. The third kappa shape index (κ3) is 3.12. The molecule has 5 nitrogen and oxygen atoms in total. The number of rotatable bonds is 3. The third-order valence-corrected chi connectivity index (χ3v) is 3.27. The van der Waals surface area contributed by atoms with Gasteiger partial charge in [0.1, 0.15) is 11.4 Å². The van der Waals surface area contributed by atoms with Gasteiger partial charge in [-0.15, -0.1) is 13.2 Å². The van der Waals surface area contributed by atoms with Crippen LogP contribution in [0.5, 0.6) is 5.75 Å². The number of pyridine rings is 2. The minimum absolute atomic E-state index is 0.0189. The van der Waals surface area contributed by atoms with Gasteiger partial charge in [0.05, 0.1) is 5.69 Å². The zero-order chi connectivity index (χ0) is 17.3. The normalized spacial score (nSPS) is 11.5. The number of hydrogen-bond donors (Lipinski definition) is 1. The molecular weight excluding hydrogens is 323 g/mol. The summed E-state index contributed by atoms with van der Waals surface area (Å²) in [6.45, 7) is 0. The molecule has 1 amide bonds. The highest BCUT2D eigenvalue weighted by Crippen LogP contribution is 2.34. The van der Waals surface area contributed by atoms with Crippen molar-refractivity contribution in [2.45, 2.75) is 6.36 Å².